The van der Waals surface area contributed by atoms with E-state index >= 15 is 0 Å². The zero-order valence-corrected chi connectivity index (χ0v) is 12.7. The van der Waals surface area contributed by atoms with E-state index in [2.05, 4.69) is 10.3 Å². The number of aromatic nitrogens is 1. The highest BCUT2D eigenvalue weighted by atomic mass is 16.6. The molecule has 7 heteroatoms. The molecule has 1 aromatic heterocycles. The number of hydrogen-bond donors (Lipinski definition) is 2. The van der Waals surface area contributed by atoms with Gasteiger partial charge in [-0.15, -0.1) is 0 Å². The van der Waals surface area contributed by atoms with Gasteiger partial charge in [-0.2, -0.15) is 0 Å². The third-order valence-corrected chi connectivity index (χ3v) is 3.66. The van der Waals surface area contributed by atoms with Gasteiger partial charge in [0.25, 0.3) is 17.2 Å². The summed E-state index contributed by atoms with van der Waals surface area (Å²) in [5, 5.41) is 14.7. The van der Waals surface area contributed by atoms with Crippen molar-refractivity contribution in [2.45, 2.75) is 6.92 Å². The number of nitrogens with zero attached hydrogens (tertiary/aromatic N) is 1. The molecule has 0 unspecified atom stereocenters. The summed E-state index contributed by atoms with van der Waals surface area (Å²) in [7, 11) is 0. The van der Waals surface area contributed by atoms with Crippen LogP contribution >= 0.6 is 0 Å². The topological polar surface area (TPSA) is 105 Å². The number of pyridine rings is 1. The molecule has 120 valence electrons. The minimum atomic E-state index is -0.545. The first kappa shape index (κ1) is 15.4. The summed E-state index contributed by atoms with van der Waals surface area (Å²) < 4.78 is 0. The fourth-order valence-corrected chi connectivity index (χ4v) is 2.42. The molecule has 0 radical (unpaired) electrons. The summed E-state index contributed by atoms with van der Waals surface area (Å²) in [6.07, 6.45) is 0. The van der Waals surface area contributed by atoms with Crippen molar-refractivity contribution in [3.05, 3.63) is 80.3 Å². The molecular formula is C17H13N3O4. The Labute approximate surface area is 136 Å². The van der Waals surface area contributed by atoms with E-state index in [0.29, 0.717) is 16.3 Å². The maximum atomic E-state index is 12.3. The maximum absolute atomic E-state index is 12.3. The molecule has 0 aliphatic heterocycles. The number of hydrogen-bond acceptors (Lipinski definition) is 4. The van der Waals surface area contributed by atoms with Gasteiger partial charge in [0, 0.05) is 22.7 Å². The van der Waals surface area contributed by atoms with Crippen LogP contribution in [0, 0.1) is 17.0 Å². The number of carbonyl (C=O) groups is 1. The van der Waals surface area contributed by atoms with Crippen LogP contribution in [0.25, 0.3) is 10.8 Å². The number of aromatic amines is 1. The summed E-state index contributed by atoms with van der Waals surface area (Å²) in [4.78, 5) is 37.3. The minimum absolute atomic E-state index is 0.0835. The van der Waals surface area contributed by atoms with E-state index in [1.54, 1.807) is 49.4 Å². The van der Waals surface area contributed by atoms with Crippen molar-refractivity contribution in [3.8, 4) is 0 Å². The van der Waals surface area contributed by atoms with Gasteiger partial charge in [-0.05, 0) is 30.5 Å². The number of carbonyl (C=O) groups excluding carboxylic acids is 1. The molecule has 1 heterocycles. The SMILES string of the molecule is Cc1ccc(NC(=O)c2cc3ccccc3c(=O)[nH]2)cc1[N+](=O)[O-]. The first-order valence-corrected chi connectivity index (χ1v) is 7.14. The quantitative estimate of drug-likeness (QED) is 0.571. The molecule has 2 N–H and O–H groups in total. The largest absolute Gasteiger partial charge is 0.320 e. The third kappa shape index (κ3) is 2.87. The van der Waals surface area contributed by atoms with Gasteiger partial charge in [-0.3, -0.25) is 19.7 Å². The highest BCUT2D eigenvalue weighted by Crippen LogP contribution is 2.22. The van der Waals surface area contributed by atoms with Gasteiger partial charge < -0.3 is 10.3 Å². The summed E-state index contributed by atoms with van der Waals surface area (Å²) in [6.45, 7) is 1.62. The Bertz CT molecular complexity index is 1020. The summed E-state index contributed by atoms with van der Waals surface area (Å²) in [5.74, 6) is -0.545. The van der Waals surface area contributed by atoms with Crippen LogP contribution in [-0.4, -0.2) is 15.8 Å². The number of benzene rings is 2. The lowest BCUT2D eigenvalue weighted by molar-refractivity contribution is -0.385. The first-order chi connectivity index (χ1) is 11.5. The predicted molar refractivity (Wildman–Crippen MR) is 90.4 cm³/mol. The number of nitro groups is 1. The average Bonchev–Trinajstić information content (AvgIpc) is 2.56. The predicted octanol–water partition coefficient (Wildman–Crippen LogP) is 3.00. The Hall–Kier alpha value is -3.48. The molecule has 0 aliphatic rings. The molecule has 0 saturated heterocycles. The van der Waals surface area contributed by atoms with E-state index in [1.165, 1.54) is 6.07 Å². The van der Waals surface area contributed by atoms with Gasteiger partial charge >= 0.3 is 0 Å². The molecule has 0 saturated carbocycles. The summed E-state index contributed by atoms with van der Waals surface area (Å²) >= 11 is 0. The van der Waals surface area contributed by atoms with Crippen LogP contribution in [0.4, 0.5) is 11.4 Å². The molecule has 0 bridgehead atoms. The lowest BCUT2D eigenvalue weighted by Gasteiger charge is -2.07. The Morgan fingerprint density at radius 2 is 1.92 bits per heavy atom. The number of nitro benzene ring substituents is 1. The Balaban J connectivity index is 1.94. The van der Waals surface area contributed by atoms with E-state index in [4.69, 9.17) is 0 Å². The standard InChI is InChI=1S/C17H13N3O4/c1-10-6-7-12(9-15(10)20(23)24)18-17(22)14-8-11-4-2-3-5-13(11)16(21)19-14/h2-9H,1H3,(H,18,22)(H,19,21). The van der Waals surface area contributed by atoms with Crippen molar-refractivity contribution in [1.82, 2.24) is 4.98 Å². The zero-order chi connectivity index (χ0) is 17.3. The molecule has 0 spiro atoms. The highest BCUT2D eigenvalue weighted by molar-refractivity contribution is 6.04. The molecule has 0 atom stereocenters. The second kappa shape index (κ2) is 5.96. The first-order valence-electron chi connectivity index (χ1n) is 7.14. The van der Waals surface area contributed by atoms with E-state index in [1.807, 2.05) is 0 Å². The van der Waals surface area contributed by atoms with Crippen molar-refractivity contribution in [1.29, 1.82) is 0 Å². The Kier molecular flexibility index (Phi) is 3.83. The average molecular weight is 323 g/mol. The van der Waals surface area contributed by atoms with E-state index in [9.17, 15) is 19.7 Å². The molecular weight excluding hydrogens is 310 g/mol. The number of H-pyrrole nitrogens is 1. The van der Waals surface area contributed by atoms with Gasteiger partial charge in [-0.1, -0.05) is 24.3 Å². The smallest absolute Gasteiger partial charge is 0.274 e. The fraction of sp³-hybridized carbons (Fsp3) is 0.0588. The van der Waals surface area contributed by atoms with Crippen molar-refractivity contribution < 1.29 is 9.72 Å². The van der Waals surface area contributed by atoms with Crippen LogP contribution in [0.1, 0.15) is 16.1 Å². The Morgan fingerprint density at radius 1 is 1.17 bits per heavy atom. The molecule has 7 nitrogen and oxygen atoms in total. The number of aryl methyl sites for hydroxylation is 1. The number of nitrogens with one attached hydrogen (secondary N) is 2. The van der Waals surface area contributed by atoms with Gasteiger partial charge in [0.2, 0.25) is 0 Å². The van der Waals surface area contributed by atoms with E-state index in [-0.39, 0.29) is 22.6 Å². The van der Waals surface area contributed by atoms with Gasteiger partial charge in [0.1, 0.15) is 5.69 Å². The van der Waals surface area contributed by atoms with Crippen LogP contribution in [-0.2, 0) is 0 Å². The number of anilines is 1. The lowest BCUT2D eigenvalue weighted by Crippen LogP contribution is -2.19. The van der Waals surface area contributed by atoms with Crippen LogP contribution in [0.3, 0.4) is 0 Å². The van der Waals surface area contributed by atoms with Crippen LogP contribution in [0.15, 0.2) is 53.3 Å². The van der Waals surface area contributed by atoms with Gasteiger partial charge in [0.05, 0.1) is 4.92 Å². The highest BCUT2D eigenvalue weighted by Gasteiger charge is 2.14. The lowest BCUT2D eigenvalue weighted by atomic mass is 10.1. The normalized spacial score (nSPS) is 10.5. The van der Waals surface area contributed by atoms with Crippen LogP contribution < -0.4 is 10.9 Å². The maximum Gasteiger partial charge on any atom is 0.274 e. The third-order valence-electron chi connectivity index (χ3n) is 3.66. The second-order valence-corrected chi connectivity index (χ2v) is 5.31. The molecule has 3 aromatic rings. The van der Waals surface area contributed by atoms with Gasteiger partial charge in [0.15, 0.2) is 0 Å². The van der Waals surface area contributed by atoms with Crippen molar-refractivity contribution in [2.24, 2.45) is 0 Å². The summed E-state index contributed by atoms with van der Waals surface area (Å²) in [5.41, 5.74) is 0.415. The van der Waals surface area contributed by atoms with E-state index in [0.717, 1.165) is 0 Å². The monoisotopic (exact) mass is 323 g/mol. The molecule has 0 fully saturated rings. The van der Waals surface area contributed by atoms with Crippen LogP contribution in [0.2, 0.25) is 0 Å². The fourth-order valence-electron chi connectivity index (χ4n) is 2.42. The van der Waals surface area contributed by atoms with Crippen molar-refractivity contribution in [2.75, 3.05) is 5.32 Å². The molecule has 3 rings (SSSR count). The van der Waals surface area contributed by atoms with Crippen molar-refractivity contribution >= 4 is 28.1 Å². The number of fused-ring (bicyclic) bond motifs is 1. The number of rotatable bonds is 3. The van der Waals surface area contributed by atoms with E-state index < -0.39 is 10.8 Å². The molecule has 2 aromatic carbocycles. The van der Waals surface area contributed by atoms with Crippen LogP contribution in [0.5, 0.6) is 0 Å². The second-order valence-electron chi connectivity index (χ2n) is 5.31. The van der Waals surface area contributed by atoms with Crippen molar-refractivity contribution in [3.63, 3.8) is 0 Å². The minimum Gasteiger partial charge on any atom is -0.320 e. The molecule has 0 aliphatic carbocycles. The molecule has 24 heavy (non-hydrogen) atoms. The Morgan fingerprint density at radius 3 is 2.67 bits per heavy atom. The van der Waals surface area contributed by atoms with Gasteiger partial charge in [-0.25, -0.2) is 0 Å². The zero-order valence-electron chi connectivity index (χ0n) is 12.7. The summed E-state index contributed by atoms with van der Waals surface area (Å²) in [6, 6.07) is 12.9. The number of amides is 1. The molecule has 1 amide bonds.